The molecule has 0 rings (SSSR count). The summed E-state index contributed by atoms with van der Waals surface area (Å²) in [5.41, 5.74) is -0.475. The number of rotatable bonds is 18. The van der Waals surface area contributed by atoms with E-state index in [0.717, 1.165) is 0 Å². The van der Waals surface area contributed by atoms with Crippen LogP contribution in [0.4, 0.5) is 0 Å². The number of carboxylic acids is 5. The van der Waals surface area contributed by atoms with Crippen molar-refractivity contribution in [2.75, 3.05) is 26.4 Å². The van der Waals surface area contributed by atoms with Crippen LogP contribution in [0.25, 0.3) is 0 Å². The van der Waals surface area contributed by atoms with E-state index >= 15 is 0 Å². The molecule has 0 saturated heterocycles. The fraction of sp³-hybridized carbons (Fsp3) is 0.824. The van der Waals surface area contributed by atoms with Crippen molar-refractivity contribution in [1.29, 1.82) is 0 Å². The molecule has 0 aromatic carbocycles. The quantitative estimate of drug-likeness (QED) is 0.0915. The van der Waals surface area contributed by atoms with E-state index in [0.29, 0.717) is 19.3 Å². The number of hydrogen-bond acceptors (Lipinski definition) is 10. The molecular weight excluding hydrogens is 648 g/mol. The van der Waals surface area contributed by atoms with Crippen molar-refractivity contribution >= 4 is 35.8 Å². The molecule has 0 fully saturated rings. The molecule has 0 heterocycles. The van der Waals surface area contributed by atoms with E-state index in [1.807, 2.05) is 62.3 Å². The van der Waals surface area contributed by atoms with Gasteiger partial charge < -0.3 is 45.6 Å². The molecule has 0 saturated carbocycles. The van der Waals surface area contributed by atoms with Crippen molar-refractivity contribution in [1.82, 2.24) is 0 Å². The maximum absolute atomic E-state index is 11.2. The average Bonchev–Trinajstić information content (AvgIpc) is 2.92. The topological polar surface area (TPSA) is 273 Å². The molecule has 0 aliphatic carbocycles. The number of carbonyl (C=O) groups excluding carboxylic acids is 1. The van der Waals surface area contributed by atoms with Crippen LogP contribution >= 0.6 is 0 Å². The largest absolute Gasteiger partial charge is 0.481 e. The van der Waals surface area contributed by atoms with E-state index in [4.69, 9.17) is 45.6 Å². The molecule has 8 N–H and O–H groups in total. The molecule has 0 radical (unpaired) electrons. The summed E-state index contributed by atoms with van der Waals surface area (Å²) in [6.45, 7) is 17.0. The molecule has 0 bridgehead atoms. The van der Waals surface area contributed by atoms with Gasteiger partial charge in [-0.05, 0) is 53.3 Å². The fourth-order valence-corrected chi connectivity index (χ4v) is 4.28. The number of hydrogen-bond donors (Lipinski definition) is 8. The van der Waals surface area contributed by atoms with E-state index in [1.54, 1.807) is 0 Å². The summed E-state index contributed by atoms with van der Waals surface area (Å²) in [6, 6.07) is 0. The van der Waals surface area contributed by atoms with Gasteiger partial charge in [-0.1, -0.05) is 62.3 Å². The normalized spacial score (nSPS) is 13.0. The van der Waals surface area contributed by atoms with Crippen LogP contribution in [-0.4, -0.2) is 103 Å². The van der Waals surface area contributed by atoms with Gasteiger partial charge in [-0.2, -0.15) is 0 Å². The summed E-state index contributed by atoms with van der Waals surface area (Å²) < 4.78 is 4.72. The maximum Gasteiger partial charge on any atom is 0.305 e. The number of carbonyl (C=O) groups is 6. The van der Waals surface area contributed by atoms with Crippen molar-refractivity contribution in [2.45, 2.75) is 120 Å². The second kappa shape index (κ2) is 27.5. The summed E-state index contributed by atoms with van der Waals surface area (Å²) in [6.07, 6.45) is 1.72. The molecule has 0 amide bonds. The molecule has 49 heavy (non-hydrogen) atoms. The molecule has 15 heteroatoms. The monoisotopic (exact) mass is 712 g/mol. The predicted molar refractivity (Wildman–Crippen MR) is 181 cm³/mol. The number of ether oxygens (including phenoxy) is 1. The first-order valence-corrected chi connectivity index (χ1v) is 16.2. The van der Waals surface area contributed by atoms with Crippen LogP contribution in [0.15, 0.2) is 0 Å². The Balaban J connectivity index is -0.000000295. The van der Waals surface area contributed by atoms with Gasteiger partial charge in [0.1, 0.15) is 6.61 Å². The number of esters is 1. The Morgan fingerprint density at radius 3 is 0.898 bits per heavy atom. The molecule has 0 aliphatic rings. The van der Waals surface area contributed by atoms with E-state index in [1.165, 1.54) is 0 Å². The standard InChI is InChI=1S/C12H22O5.2C10H18O4.C2H6O2/c1-12(2,3)9(8-10(14)15)4-5-11(16)17-7-6-13;2*1-10(2,3)7(6-9(13)14)4-5-8(11)12;3-1-2-4/h9,13H,4-8H2,1-3H3,(H,14,15);2*7H,4-6H2,1-3H3,(H,11,12)(H,13,14);3-4H,1-2H2. The number of aliphatic carboxylic acids is 5. The van der Waals surface area contributed by atoms with Gasteiger partial charge in [0, 0.05) is 38.5 Å². The first-order valence-electron chi connectivity index (χ1n) is 16.2. The van der Waals surface area contributed by atoms with E-state index in [9.17, 15) is 28.8 Å². The zero-order valence-corrected chi connectivity index (χ0v) is 30.9. The third-order valence-corrected chi connectivity index (χ3v) is 7.50. The highest BCUT2D eigenvalue weighted by Gasteiger charge is 2.29. The molecular formula is C34H64O15. The highest BCUT2D eigenvalue weighted by atomic mass is 16.5. The lowest BCUT2D eigenvalue weighted by molar-refractivity contribution is -0.146. The third kappa shape index (κ3) is 37.4. The van der Waals surface area contributed by atoms with Crippen molar-refractivity contribution in [3.05, 3.63) is 0 Å². The Kier molecular flexibility index (Phi) is 29.5. The Hall–Kier alpha value is -3.30. The SMILES string of the molecule is CC(C)(C)C(CCC(=O)O)CC(=O)O.CC(C)(C)C(CCC(=O)O)CC(=O)O.CC(C)(C)C(CCC(=O)OCCO)CC(=O)O.OCCO. The molecule has 3 unspecified atom stereocenters. The van der Waals surface area contributed by atoms with Gasteiger partial charge in [-0.3, -0.25) is 28.8 Å². The van der Waals surface area contributed by atoms with Crippen LogP contribution in [0.1, 0.15) is 120 Å². The second-order valence-electron chi connectivity index (χ2n) is 14.8. The molecule has 290 valence electrons. The Morgan fingerprint density at radius 1 is 0.449 bits per heavy atom. The predicted octanol–water partition coefficient (Wildman–Crippen LogP) is 4.39. The van der Waals surface area contributed by atoms with Crippen LogP contribution in [0.2, 0.25) is 0 Å². The van der Waals surface area contributed by atoms with Crippen LogP contribution in [-0.2, 0) is 33.5 Å². The van der Waals surface area contributed by atoms with Crippen molar-refractivity contribution < 1.29 is 74.4 Å². The lowest BCUT2D eigenvalue weighted by Gasteiger charge is -2.29. The summed E-state index contributed by atoms with van der Waals surface area (Å²) in [4.78, 5) is 63.8. The molecule has 0 aromatic rings. The zero-order chi connectivity index (χ0) is 39.6. The van der Waals surface area contributed by atoms with Gasteiger partial charge in [0.2, 0.25) is 0 Å². The smallest absolute Gasteiger partial charge is 0.305 e. The summed E-state index contributed by atoms with van der Waals surface area (Å²) >= 11 is 0. The Morgan fingerprint density at radius 2 is 0.714 bits per heavy atom. The minimum atomic E-state index is -0.871. The number of carboxylic acid groups (broad SMARTS) is 5. The molecule has 0 spiro atoms. The third-order valence-electron chi connectivity index (χ3n) is 7.50. The van der Waals surface area contributed by atoms with Gasteiger partial charge in [0.15, 0.2) is 0 Å². The van der Waals surface area contributed by atoms with Crippen LogP contribution in [0.5, 0.6) is 0 Å². The van der Waals surface area contributed by atoms with Crippen LogP contribution in [0, 0.1) is 34.0 Å². The van der Waals surface area contributed by atoms with Crippen LogP contribution < -0.4 is 0 Å². The van der Waals surface area contributed by atoms with Gasteiger partial charge in [-0.25, -0.2) is 0 Å². The molecule has 0 aliphatic heterocycles. The Bertz CT molecular complexity index is 906. The first-order chi connectivity index (χ1) is 22.1. The maximum atomic E-state index is 11.2. The number of aliphatic hydroxyl groups excluding tert-OH is 3. The molecule has 3 atom stereocenters. The van der Waals surface area contributed by atoms with Crippen molar-refractivity contribution in [3.63, 3.8) is 0 Å². The second-order valence-corrected chi connectivity index (χ2v) is 14.8. The minimum absolute atomic E-state index is 0.00204. The Labute approximate surface area is 290 Å². The molecule has 15 nitrogen and oxygen atoms in total. The van der Waals surface area contributed by atoms with E-state index in [2.05, 4.69) is 0 Å². The lowest BCUT2D eigenvalue weighted by atomic mass is 9.76. The number of aliphatic hydroxyl groups is 3. The van der Waals surface area contributed by atoms with E-state index < -0.39 is 35.8 Å². The lowest BCUT2D eigenvalue weighted by Crippen LogP contribution is -2.24. The van der Waals surface area contributed by atoms with Crippen LogP contribution in [0.3, 0.4) is 0 Å². The van der Waals surface area contributed by atoms with Gasteiger partial charge in [0.05, 0.1) is 19.8 Å². The zero-order valence-electron chi connectivity index (χ0n) is 30.9. The first kappa shape index (κ1) is 52.5. The minimum Gasteiger partial charge on any atom is -0.481 e. The van der Waals surface area contributed by atoms with Gasteiger partial charge in [0.25, 0.3) is 0 Å². The van der Waals surface area contributed by atoms with Crippen molar-refractivity contribution in [3.8, 4) is 0 Å². The van der Waals surface area contributed by atoms with Crippen molar-refractivity contribution in [2.24, 2.45) is 34.0 Å². The summed E-state index contributed by atoms with van der Waals surface area (Å²) in [5, 5.41) is 66.9. The highest BCUT2D eigenvalue weighted by Crippen LogP contribution is 2.34. The summed E-state index contributed by atoms with van der Waals surface area (Å²) in [7, 11) is 0. The molecule has 0 aromatic heterocycles. The van der Waals surface area contributed by atoms with Gasteiger partial charge >= 0.3 is 35.8 Å². The van der Waals surface area contributed by atoms with E-state index in [-0.39, 0.29) is 99.0 Å². The van der Waals surface area contributed by atoms with Gasteiger partial charge in [-0.15, -0.1) is 0 Å². The fourth-order valence-electron chi connectivity index (χ4n) is 4.28. The average molecular weight is 713 g/mol. The summed E-state index contributed by atoms with van der Waals surface area (Å²) in [5.74, 6) is -4.96. The highest BCUT2D eigenvalue weighted by molar-refractivity contribution is 5.70.